The Hall–Kier alpha value is -2.08. The Morgan fingerprint density at radius 1 is 1.44 bits per heavy atom. The van der Waals surface area contributed by atoms with E-state index in [4.69, 9.17) is 0 Å². The van der Waals surface area contributed by atoms with E-state index in [0.29, 0.717) is 11.4 Å². The van der Waals surface area contributed by atoms with Gasteiger partial charge >= 0.3 is 6.03 Å². The van der Waals surface area contributed by atoms with Crippen molar-refractivity contribution in [3.8, 4) is 0 Å². The zero-order valence-corrected chi connectivity index (χ0v) is 10.2. The van der Waals surface area contributed by atoms with Gasteiger partial charge in [0.15, 0.2) is 0 Å². The Labute approximate surface area is 105 Å². The molecule has 0 saturated carbocycles. The van der Waals surface area contributed by atoms with Crippen LogP contribution in [0.4, 0.5) is 16.2 Å². The molecule has 3 N–H and O–H groups in total. The highest BCUT2D eigenvalue weighted by molar-refractivity contribution is 6.10. The zero-order chi connectivity index (χ0) is 13.3. The van der Waals surface area contributed by atoms with Gasteiger partial charge in [0.2, 0.25) is 6.23 Å². The molecule has 1 unspecified atom stereocenters. The average Bonchev–Trinajstić information content (AvgIpc) is 2.29. The highest BCUT2D eigenvalue weighted by Crippen LogP contribution is 2.30. The fourth-order valence-electron chi connectivity index (χ4n) is 1.77. The predicted octanol–water partition coefficient (Wildman–Crippen LogP) is 0.881. The molecule has 0 aliphatic carbocycles. The number of carbonyl (C=O) groups excluding carboxylic acids is 2. The number of benzene rings is 1. The number of anilines is 2. The second kappa shape index (κ2) is 4.66. The Kier molecular flexibility index (Phi) is 3.20. The van der Waals surface area contributed by atoms with Crippen LogP contribution in [0.25, 0.3) is 0 Å². The molecule has 0 spiro atoms. The van der Waals surface area contributed by atoms with Crippen molar-refractivity contribution in [2.24, 2.45) is 0 Å². The van der Waals surface area contributed by atoms with Gasteiger partial charge in [0.25, 0.3) is 5.91 Å². The molecule has 1 aromatic carbocycles. The smallest absolute Gasteiger partial charge is 0.324 e. The molecular formula is C12H15N3O3. The first kappa shape index (κ1) is 12.4. The number of nitrogens with one attached hydrogen (secondary N) is 2. The highest BCUT2D eigenvalue weighted by atomic mass is 16.3. The number of para-hydroxylation sites is 2. The van der Waals surface area contributed by atoms with Crippen LogP contribution in [-0.2, 0) is 4.79 Å². The van der Waals surface area contributed by atoms with Crippen LogP contribution < -0.4 is 15.5 Å². The van der Waals surface area contributed by atoms with Gasteiger partial charge in [0.05, 0.1) is 11.4 Å². The van der Waals surface area contributed by atoms with E-state index < -0.39 is 18.2 Å². The standard InChI is InChI=1S/C12H15N3O3/c1-7(2)13-12(18)15-9-6-4-3-5-8(9)14-10(16)11(15)17/h3-7,11,17H,1-2H3,(H,13,18)(H,14,16). The summed E-state index contributed by atoms with van der Waals surface area (Å²) in [6.45, 7) is 3.61. The summed E-state index contributed by atoms with van der Waals surface area (Å²) in [6, 6.07) is 6.24. The van der Waals surface area contributed by atoms with E-state index in [1.807, 2.05) is 0 Å². The zero-order valence-electron chi connectivity index (χ0n) is 10.2. The van der Waals surface area contributed by atoms with Crippen LogP contribution in [0.2, 0.25) is 0 Å². The fraction of sp³-hybridized carbons (Fsp3) is 0.333. The van der Waals surface area contributed by atoms with Crippen molar-refractivity contribution in [3.63, 3.8) is 0 Å². The molecule has 2 rings (SSSR count). The van der Waals surface area contributed by atoms with E-state index in [2.05, 4.69) is 10.6 Å². The summed E-state index contributed by atoms with van der Waals surface area (Å²) in [5.41, 5.74) is 0.981. The van der Waals surface area contributed by atoms with Crippen LogP contribution in [0.15, 0.2) is 24.3 Å². The SMILES string of the molecule is CC(C)NC(=O)N1c2ccccc2NC(=O)C1O. The number of fused-ring (bicyclic) bond motifs is 1. The molecular weight excluding hydrogens is 234 g/mol. The van der Waals surface area contributed by atoms with Gasteiger partial charge in [0.1, 0.15) is 0 Å². The van der Waals surface area contributed by atoms with Crippen LogP contribution in [0.1, 0.15) is 13.8 Å². The third kappa shape index (κ3) is 2.14. The Morgan fingerprint density at radius 3 is 2.78 bits per heavy atom. The van der Waals surface area contributed by atoms with E-state index in [1.54, 1.807) is 38.1 Å². The predicted molar refractivity (Wildman–Crippen MR) is 67.2 cm³/mol. The lowest BCUT2D eigenvalue weighted by molar-refractivity contribution is -0.124. The number of rotatable bonds is 1. The highest BCUT2D eigenvalue weighted by Gasteiger charge is 2.35. The molecule has 0 radical (unpaired) electrons. The second-order valence-electron chi connectivity index (χ2n) is 4.35. The lowest BCUT2D eigenvalue weighted by Gasteiger charge is -2.33. The maximum Gasteiger partial charge on any atom is 0.324 e. The van der Waals surface area contributed by atoms with Crippen molar-refractivity contribution in [2.45, 2.75) is 26.1 Å². The quantitative estimate of drug-likeness (QED) is 0.691. The molecule has 18 heavy (non-hydrogen) atoms. The molecule has 0 saturated heterocycles. The maximum atomic E-state index is 12.0. The van der Waals surface area contributed by atoms with Crippen molar-refractivity contribution < 1.29 is 14.7 Å². The molecule has 1 aliphatic rings. The summed E-state index contributed by atoms with van der Waals surface area (Å²) in [5, 5.41) is 15.0. The van der Waals surface area contributed by atoms with Gasteiger partial charge in [0, 0.05) is 6.04 Å². The summed E-state index contributed by atoms with van der Waals surface area (Å²) >= 11 is 0. The Morgan fingerprint density at radius 2 is 2.11 bits per heavy atom. The molecule has 6 nitrogen and oxygen atoms in total. The molecule has 3 amide bonds. The number of hydrogen-bond acceptors (Lipinski definition) is 3. The molecule has 0 fully saturated rings. The van der Waals surface area contributed by atoms with Crippen molar-refractivity contribution in [3.05, 3.63) is 24.3 Å². The second-order valence-corrected chi connectivity index (χ2v) is 4.35. The fourth-order valence-corrected chi connectivity index (χ4v) is 1.77. The number of aliphatic hydroxyl groups excluding tert-OH is 1. The summed E-state index contributed by atoms with van der Waals surface area (Å²) in [4.78, 5) is 24.6. The van der Waals surface area contributed by atoms with Crippen molar-refractivity contribution in [1.29, 1.82) is 0 Å². The molecule has 96 valence electrons. The molecule has 0 aromatic heterocycles. The van der Waals surface area contributed by atoms with Crippen LogP contribution in [-0.4, -0.2) is 29.3 Å². The summed E-state index contributed by atoms with van der Waals surface area (Å²) in [5.74, 6) is -0.618. The van der Waals surface area contributed by atoms with Crippen LogP contribution >= 0.6 is 0 Å². The van der Waals surface area contributed by atoms with Gasteiger partial charge in [-0.3, -0.25) is 9.69 Å². The number of amides is 3. The molecule has 0 bridgehead atoms. The van der Waals surface area contributed by atoms with E-state index in [0.717, 1.165) is 4.90 Å². The minimum Gasteiger partial charge on any atom is -0.365 e. The van der Waals surface area contributed by atoms with Crippen LogP contribution in [0, 0.1) is 0 Å². The number of carbonyl (C=O) groups is 2. The van der Waals surface area contributed by atoms with Crippen molar-refractivity contribution in [1.82, 2.24) is 5.32 Å². The van der Waals surface area contributed by atoms with Gasteiger partial charge in [-0.2, -0.15) is 0 Å². The minimum absolute atomic E-state index is 0.0816. The maximum absolute atomic E-state index is 12.0. The van der Waals surface area contributed by atoms with E-state index in [9.17, 15) is 14.7 Å². The summed E-state index contributed by atoms with van der Waals surface area (Å²) < 4.78 is 0. The summed E-state index contributed by atoms with van der Waals surface area (Å²) in [7, 11) is 0. The largest absolute Gasteiger partial charge is 0.365 e. The third-order valence-corrected chi connectivity index (χ3v) is 2.53. The van der Waals surface area contributed by atoms with Gasteiger partial charge < -0.3 is 15.7 Å². The number of nitrogens with zero attached hydrogens (tertiary/aromatic N) is 1. The monoisotopic (exact) mass is 249 g/mol. The first-order valence-corrected chi connectivity index (χ1v) is 5.68. The molecule has 6 heteroatoms. The van der Waals surface area contributed by atoms with Gasteiger partial charge in [-0.25, -0.2) is 4.79 Å². The topological polar surface area (TPSA) is 81.7 Å². The summed E-state index contributed by atoms with van der Waals surface area (Å²) in [6.07, 6.45) is -1.52. The molecule has 1 aromatic rings. The van der Waals surface area contributed by atoms with E-state index in [1.165, 1.54) is 0 Å². The van der Waals surface area contributed by atoms with Gasteiger partial charge in [-0.05, 0) is 26.0 Å². The van der Waals surface area contributed by atoms with Crippen molar-refractivity contribution in [2.75, 3.05) is 10.2 Å². The molecule has 1 aliphatic heterocycles. The van der Waals surface area contributed by atoms with Gasteiger partial charge in [-0.15, -0.1) is 0 Å². The Balaban J connectivity index is 2.38. The van der Waals surface area contributed by atoms with E-state index >= 15 is 0 Å². The number of aliphatic hydroxyl groups is 1. The normalized spacial score (nSPS) is 18.3. The minimum atomic E-state index is -1.52. The van der Waals surface area contributed by atoms with Crippen LogP contribution in [0.3, 0.4) is 0 Å². The number of urea groups is 1. The lowest BCUT2D eigenvalue weighted by atomic mass is 10.2. The third-order valence-electron chi connectivity index (χ3n) is 2.53. The lowest BCUT2D eigenvalue weighted by Crippen LogP contribution is -2.55. The van der Waals surface area contributed by atoms with Gasteiger partial charge in [-0.1, -0.05) is 12.1 Å². The molecule has 1 heterocycles. The van der Waals surface area contributed by atoms with Crippen LogP contribution in [0.5, 0.6) is 0 Å². The van der Waals surface area contributed by atoms with E-state index in [-0.39, 0.29) is 6.04 Å². The molecule has 1 atom stereocenters. The first-order valence-electron chi connectivity index (χ1n) is 5.68. The Bertz CT molecular complexity index is 487. The van der Waals surface area contributed by atoms with Crippen molar-refractivity contribution >= 4 is 23.3 Å². The number of hydrogen-bond donors (Lipinski definition) is 3. The first-order chi connectivity index (χ1) is 8.50. The average molecular weight is 249 g/mol.